The van der Waals surface area contributed by atoms with E-state index in [-0.39, 0.29) is 17.0 Å². The number of hydrogen-bond donors (Lipinski definition) is 1. The van der Waals surface area contributed by atoms with Crippen molar-refractivity contribution in [1.82, 2.24) is 4.98 Å². The first-order chi connectivity index (χ1) is 8.46. The summed E-state index contributed by atoms with van der Waals surface area (Å²) in [4.78, 5) is 3.86. The Morgan fingerprint density at radius 3 is 3.00 bits per heavy atom. The van der Waals surface area contributed by atoms with Gasteiger partial charge in [-0.25, -0.2) is 13.4 Å². The Morgan fingerprint density at radius 1 is 1.61 bits per heavy atom. The van der Waals surface area contributed by atoms with Gasteiger partial charge in [-0.1, -0.05) is 11.6 Å². The highest BCUT2D eigenvalue weighted by atomic mass is 79.9. The van der Waals surface area contributed by atoms with Crippen molar-refractivity contribution in [3.8, 4) is 0 Å². The minimum absolute atomic E-state index is 0.0345. The molecule has 100 valence electrons. The molecule has 1 aliphatic rings. The first-order valence-electron chi connectivity index (χ1n) is 5.39. The Balaban J connectivity index is 2.04. The summed E-state index contributed by atoms with van der Waals surface area (Å²) in [7, 11) is -3.43. The van der Waals surface area contributed by atoms with E-state index in [1.165, 1.54) is 6.20 Å². The number of sulfonamides is 1. The van der Waals surface area contributed by atoms with E-state index in [0.717, 1.165) is 12.8 Å². The number of nitrogens with zero attached hydrogens (tertiary/aromatic N) is 1. The van der Waals surface area contributed by atoms with E-state index in [4.69, 9.17) is 16.3 Å². The fourth-order valence-electron chi connectivity index (χ4n) is 1.72. The van der Waals surface area contributed by atoms with E-state index in [1.807, 2.05) is 0 Å². The molecule has 1 fully saturated rings. The van der Waals surface area contributed by atoms with Gasteiger partial charge in [0.2, 0.25) is 10.0 Å². The average Bonchev–Trinajstić information content (AvgIpc) is 2.75. The highest BCUT2D eigenvalue weighted by Gasteiger charge is 2.23. The number of ether oxygens (including phenoxy) is 1. The van der Waals surface area contributed by atoms with Gasteiger partial charge in [0, 0.05) is 6.61 Å². The topological polar surface area (TPSA) is 68.3 Å². The maximum atomic E-state index is 11.9. The zero-order valence-electron chi connectivity index (χ0n) is 9.40. The molecule has 1 aromatic heterocycles. The van der Waals surface area contributed by atoms with Crippen molar-refractivity contribution < 1.29 is 13.2 Å². The molecule has 5 nitrogen and oxygen atoms in total. The summed E-state index contributed by atoms with van der Waals surface area (Å²) in [5.74, 6) is -0.0345. The lowest BCUT2D eigenvalue weighted by Crippen LogP contribution is -2.25. The number of halogens is 2. The normalized spacial score (nSPS) is 20.0. The second-order valence-corrected chi connectivity index (χ2v) is 6.99. The van der Waals surface area contributed by atoms with Crippen LogP contribution in [0.25, 0.3) is 0 Å². The van der Waals surface area contributed by atoms with Crippen LogP contribution in [0.3, 0.4) is 0 Å². The molecule has 1 unspecified atom stereocenters. The third-order valence-electron chi connectivity index (χ3n) is 2.50. The zero-order valence-corrected chi connectivity index (χ0v) is 12.6. The molecule has 0 spiro atoms. The van der Waals surface area contributed by atoms with E-state index in [2.05, 4.69) is 25.6 Å². The van der Waals surface area contributed by atoms with Crippen LogP contribution in [0.5, 0.6) is 0 Å². The summed E-state index contributed by atoms with van der Waals surface area (Å²) in [6.45, 7) is 0.633. The Hall–Kier alpha value is -0.370. The van der Waals surface area contributed by atoms with Crippen LogP contribution in [-0.2, 0) is 14.8 Å². The molecule has 0 radical (unpaired) electrons. The Labute approximate surface area is 119 Å². The number of anilines is 1. The van der Waals surface area contributed by atoms with Gasteiger partial charge in [0.15, 0.2) is 0 Å². The molecule has 2 rings (SSSR count). The minimum atomic E-state index is -3.43. The van der Waals surface area contributed by atoms with Crippen LogP contribution < -0.4 is 4.72 Å². The quantitative estimate of drug-likeness (QED) is 0.842. The maximum Gasteiger partial charge on any atom is 0.235 e. The third kappa shape index (κ3) is 3.81. The number of rotatable bonds is 4. The van der Waals surface area contributed by atoms with Gasteiger partial charge in [0.25, 0.3) is 0 Å². The summed E-state index contributed by atoms with van der Waals surface area (Å²) in [5, 5.41) is 0.289. The average molecular weight is 356 g/mol. The molecular weight excluding hydrogens is 344 g/mol. The largest absolute Gasteiger partial charge is 0.377 e. The molecule has 1 aliphatic heterocycles. The highest BCUT2D eigenvalue weighted by molar-refractivity contribution is 9.10. The van der Waals surface area contributed by atoms with Crippen molar-refractivity contribution in [3.63, 3.8) is 0 Å². The smallest absolute Gasteiger partial charge is 0.235 e. The first kappa shape index (κ1) is 14.0. The van der Waals surface area contributed by atoms with Crippen LogP contribution in [0.2, 0.25) is 5.15 Å². The fraction of sp³-hybridized carbons (Fsp3) is 0.500. The maximum absolute atomic E-state index is 11.9. The molecule has 0 amide bonds. The number of aromatic nitrogens is 1. The minimum Gasteiger partial charge on any atom is -0.377 e. The van der Waals surface area contributed by atoms with Gasteiger partial charge >= 0.3 is 0 Å². The van der Waals surface area contributed by atoms with Gasteiger partial charge in [-0.15, -0.1) is 0 Å². The molecular formula is C10H12BrClN2O3S. The summed E-state index contributed by atoms with van der Waals surface area (Å²) >= 11 is 8.92. The lowest BCUT2D eigenvalue weighted by molar-refractivity contribution is 0.127. The highest BCUT2D eigenvalue weighted by Crippen LogP contribution is 2.24. The molecule has 0 aliphatic carbocycles. The molecule has 0 saturated carbocycles. The van der Waals surface area contributed by atoms with E-state index < -0.39 is 10.0 Å². The van der Waals surface area contributed by atoms with Crippen LogP contribution in [0.4, 0.5) is 5.69 Å². The number of pyridine rings is 1. The number of nitrogens with one attached hydrogen (secondary N) is 1. The summed E-state index contributed by atoms with van der Waals surface area (Å²) in [6.07, 6.45) is 2.85. The molecule has 18 heavy (non-hydrogen) atoms. The second-order valence-electron chi connectivity index (χ2n) is 4.02. The van der Waals surface area contributed by atoms with Gasteiger partial charge in [-0.3, -0.25) is 4.72 Å². The van der Waals surface area contributed by atoms with Crippen LogP contribution in [0.1, 0.15) is 12.8 Å². The van der Waals surface area contributed by atoms with Crippen molar-refractivity contribution in [2.75, 3.05) is 17.1 Å². The zero-order chi connectivity index (χ0) is 13.2. The van der Waals surface area contributed by atoms with Crippen molar-refractivity contribution in [2.45, 2.75) is 18.9 Å². The standard InChI is InChI=1S/C10H12BrClN2O3S/c11-9-4-7(5-13-10(9)12)14-18(15,16)6-8-2-1-3-17-8/h4-5,8,14H,1-3,6H2. The molecule has 8 heteroatoms. The van der Waals surface area contributed by atoms with Gasteiger partial charge in [-0.05, 0) is 34.8 Å². The lowest BCUT2D eigenvalue weighted by Gasteiger charge is -2.12. The Morgan fingerprint density at radius 2 is 2.39 bits per heavy atom. The summed E-state index contributed by atoms with van der Waals surface area (Å²) < 4.78 is 32.1. The van der Waals surface area contributed by atoms with Gasteiger partial charge in [-0.2, -0.15) is 0 Å². The molecule has 0 aromatic carbocycles. The van der Waals surface area contributed by atoms with Crippen LogP contribution in [0, 0.1) is 0 Å². The van der Waals surface area contributed by atoms with Crippen molar-refractivity contribution in [2.24, 2.45) is 0 Å². The van der Waals surface area contributed by atoms with Crippen LogP contribution in [0.15, 0.2) is 16.7 Å². The van der Waals surface area contributed by atoms with E-state index in [0.29, 0.717) is 16.8 Å². The van der Waals surface area contributed by atoms with Crippen molar-refractivity contribution in [3.05, 3.63) is 21.9 Å². The molecule has 1 aromatic rings. The predicted octanol–water partition coefficient (Wildman–Crippen LogP) is 2.42. The van der Waals surface area contributed by atoms with Crippen molar-refractivity contribution in [1.29, 1.82) is 0 Å². The van der Waals surface area contributed by atoms with E-state index in [1.54, 1.807) is 6.07 Å². The molecule has 1 atom stereocenters. The monoisotopic (exact) mass is 354 g/mol. The fourth-order valence-corrected chi connectivity index (χ4v) is 3.48. The second kappa shape index (κ2) is 5.73. The Bertz CT molecular complexity index is 532. The first-order valence-corrected chi connectivity index (χ1v) is 8.22. The summed E-state index contributed by atoms with van der Waals surface area (Å²) in [6, 6.07) is 1.57. The van der Waals surface area contributed by atoms with Crippen LogP contribution >= 0.6 is 27.5 Å². The van der Waals surface area contributed by atoms with Crippen molar-refractivity contribution >= 4 is 43.2 Å². The SMILES string of the molecule is O=S(=O)(CC1CCCO1)Nc1cnc(Cl)c(Br)c1. The van der Waals surface area contributed by atoms with E-state index in [9.17, 15) is 8.42 Å². The van der Waals surface area contributed by atoms with E-state index >= 15 is 0 Å². The predicted molar refractivity (Wildman–Crippen MR) is 73.3 cm³/mol. The molecule has 0 bridgehead atoms. The lowest BCUT2D eigenvalue weighted by atomic mass is 10.3. The third-order valence-corrected chi connectivity index (χ3v) is 4.99. The van der Waals surface area contributed by atoms with Gasteiger partial charge in [0.1, 0.15) is 5.15 Å². The van der Waals surface area contributed by atoms with Gasteiger partial charge < -0.3 is 4.74 Å². The Kier molecular flexibility index (Phi) is 4.47. The molecule has 1 saturated heterocycles. The van der Waals surface area contributed by atoms with Gasteiger partial charge in [0.05, 0.1) is 28.2 Å². The number of hydrogen-bond acceptors (Lipinski definition) is 4. The molecule has 2 heterocycles. The molecule has 1 N–H and O–H groups in total. The summed E-state index contributed by atoms with van der Waals surface area (Å²) in [5.41, 5.74) is 0.379. The van der Waals surface area contributed by atoms with Crippen LogP contribution in [-0.4, -0.2) is 31.9 Å².